The SMILES string of the molecule is CN(CC(C)(C)CN)C(=O)CCn1cncn1.Cl. The Hall–Kier alpha value is -1.14. The predicted octanol–water partition coefficient (Wildman–Crippen LogP) is 0.533. The lowest BCUT2D eigenvalue weighted by Crippen LogP contribution is -2.40. The van der Waals surface area contributed by atoms with E-state index in [1.807, 2.05) is 13.8 Å². The number of nitrogens with two attached hydrogens (primary N) is 1. The summed E-state index contributed by atoms with van der Waals surface area (Å²) >= 11 is 0. The van der Waals surface area contributed by atoms with Crippen LogP contribution >= 0.6 is 12.4 Å². The van der Waals surface area contributed by atoms with E-state index in [9.17, 15) is 4.79 Å². The van der Waals surface area contributed by atoms with Gasteiger partial charge in [-0.25, -0.2) is 4.98 Å². The van der Waals surface area contributed by atoms with Crippen LogP contribution in [0.25, 0.3) is 0 Å². The van der Waals surface area contributed by atoms with Gasteiger partial charge in [-0.05, 0) is 12.0 Å². The van der Waals surface area contributed by atoms with Crippen molar-refractivity contribution in [2.24, 2.45) is 11.1 Å². The predicted molar refractivity (Wildman–Crippen MR) is 72.4 cm³/mol. The monoisotopic (exact) mass is 275 g/mol. The molecule has 1 aromatic heterocycles. The molecule has 0 aliphatic heterocycles. The second kappa shape index (κ2) is 7.33. The Bertz CT molecular complexity index is 352. The summed E-state index contributed by atoms with van der Waals surface area (Å²) in [5, 5.41) is 3.95. The van der Waals surface area contributed by atoms with Crippen molar-refractivity contribution in [3.8, 4) is 0 Å². The zero-order valence-electron chi connectivity index (χ0n) is 11.2. The highest BCUT2D eigenvalue weighted by atomic mass is 35.5. The Kier molecular flexibility index (Phi) is 6.86. The van der Waals surface area contributed by atoms with Gasteiger partial charge in [-0.3, -0.25) is 9.48 Å². The summed E-state index contributed by atoms with van der Waals surface area (Å²) in [6.45, 7) is 5.89. The first-order chi connectivity index (χ1) is 7.94. The fourth-order valence-corrected chi connectivity index (χ4v) is 1.54. The molecule has 0 fully saturated rings. The van der Waals surface area contributed by atoms with Crippen LogP contribution in [0.4, 0.5) is 0 Å². The quantitative estimate of drug-likeness (QED) is 0.822. The highest BCUT2D eigenvalue weighted by Gasteiger charge is 2.20. The molecule has 1 heterocycles. The summed E-state index contributed by atoms with van der Waals surface area (Å²) in [4.78, 5) is 17.4. The van der Waals surface area contributed by atoms with E-state index in [-0.39, 0.29) is 23.7 Å². The molecule has 104 valence electrons. The van der Waals surface area contributed by atoms with Crippen molar-refractivity contribution in [2.45, 2.75) is 26.8 Å². The fraction of sp³-hybridized carbons (Fsp3) is 0.727. The van der Waals surface area contributed by atoms with Crippen LogP contribution in [-0.2, 0) is 11.3 Å². The number of aromatic nitrogens is 3. The minimum Gasteiger partial charge on any atom is -0.345 e. The molecule has 0 aromatic carbocycles. The van der Waals surface area contributed by atoms with Crippen LogP contribution in [0, 0.1) is 5.41 Å². The molecule has 0 spiro atoms. The van der Waals surface area contributed by atoms with Gasteiger partial charge in [-0.2, -0.15) is 5.10 Å². The largest absolute Gasteiger partial charge is 0.345 e. The third-order valence-electron chi connectivity index (χ3n) is 2.66. The van der Waals surface area contributed by atoms with Crippen molar-refractivity contribution in [3.05, 3.63) is 12.7 Å². The van der Waals surface area contributed by atoms with Crippen LogP contribution in [-0.4, -0.2) is 45.7 Å². The summed E-state index contributed by atoms with van der Waals surface area (Å²) in [5.41, 5.74) is 5.60. The summed E-state index contributed by atoms with van der Waals surface area (Å²) in [6, 6.07) is 0. The number of hydrogen-bond acceptors (Lipinski definition) is 4. The molecule has 0 atom stereocenters. The average Bonchev–Trinajstić information content (AvgIpc) is 2.78. The molecule has 7 heteroatoms. The Balaban J connectivity index is 0.00000289. The fourth-order valence-electron chi connectivity index (χ4n) is 1.54. The van der Waals surface area contributed by atoms with E-state index in [0.29, 0.717) is 26.1 Å². The number of rotatable bonds is 6. The van der Waals surface area contributed by atoms with Crippen LogP contribution in [0.3, 0.4) is 0 Å². The molecular formula is C11H22ClN5O. The van der Waals surface area contributed by atoms with E-state index < -0.39 is 0 Å². The Labute approximate surface area is 114 Å². The van der Waals surface area contributed by atoms with Gasteiger partial charge >= 0.3 is 0 Å². The van der Waals surface area contributed by atoms with Crippen LogP contribution in [0.15, 0.2) is 12.7 Å². The van der Waals surface area contributed by atoms with E-state index in [1.165, 1.54) is 6.33 Å². The molecule has 0 aliphatic rings. The van der Waals surface area contributed by atoms with Gasteiger partial charge in [0, 0.05) is 20.0 Å². The number of amides is 1. The molecule has 18 heavy (non-hydrogen) atoms. The van der Waals surface area contributed by atoms with Crippen LogP contribution < -0.4 is 5.73 Å². The molecule has 1 amide bonds. The molecule has 0 saturated carbocycles. The molecule has 0 aliphatic carbocycles. The van der Waals surface area contributed by atoms with Gasteiger partial charge in [0.25, 0.3) is 0 Å². The lowest BCUT2D eigenvalue weighted by atomic mass is 9.93. The van der Waals surface area contributed by atoms with E-state index in [4.69, 9.17) is 5.73 Å². The molecule has 1 aromatic rings. The highest BCUT2D eigenvalue weighted by molar-refractivity contribution is 5.85. The van der Waals surface area contributed by atoms with Crippen LogP contribution in [0.2, 0.25) is 0 Å². The second-order valence-electron chi connectivity index (χ2n) is 5.03. The van der Waals surface area contributed by atoms with Crippen LogP contribution in [0.5, 0.6) is 0 Å². The summed E-state index contributed by atoms with van der Waals surface area (Å²) < 4.78 is 1.65. The zero-order valence-corrected chi connectivity index (χ0v) is 12.0. The van der Waals surface area contributed by atoms with Crippen molar-refractivity contribution >= 4 is 18.3 Å². The van der Waals surface area contributed by atoms with E-state index >= 15 is 0 Å². The summed E-state index contributed by atoms with van der Waals surface area (Å²) in [6.07, 6.45) is 3.50. The molecule has 6 nitrogen and oxygen atoms in total. The third kappa shape index (κ3) is 5.46. The third-order valence-corrected chi connectivity index (χ3v) is 2.66. The van der Waals surface area contributed by atoms with Gasteiger partial charge in [0.05, 0.1) is 6.54 Å². The van der Waals surface area contributed by atoms with Gasteiger partial charge in [-0.15, -0.1) is 12.4 Å². The van der Waals surface area contributed by atoms with E-state index in [0.717, 1.165) is 0 Å². The number of hydrogen-bond donors (Lipinski definition) is 1. The summed E-state index contributed by atoms with van der Waals surface area (Å²) in [5.74, 6) is 0.0991. The number of nitrogens with zero attached hydrogens (tertiary/aromatic N) is 4. The molecule has 1 rings (SSSR count). The molecule has 2 N–H and O–H groups in total. The van der Waals surface area contributed by atoms with Crippen molar-refractivity contribution < 1.29 is 4.79 Å². The zero-order chi connectivity index (χ0) is 12.9. The first kappa shape index (κ1) is 16.9. The number of carbonyl (C=O) groups is 1. The highest BCUT2D eigenvalue weighted by Crippen LogP contribution is 2.14. The molecular weight excluding hydrogens is 254 g/mol. The van der Waals surface area contributed by atoms with Gasteiger partial charge in [0.1, 0.15) is 12.7 Å². The molecule has 0 radical (unpaired) electrons. The van der Waals surface area contributed by atoms with Gasteiger partial charge in [-0.1, -0.05) is 13.8 Å². The number of aryl methyl sites for hydroxylation is 1. The topological polar surface area (TPSA) is 77.0 Å². The Morgan fingerprint density at radius 1 is 1.50 bits per heavy atom. The Morgan fingerprint density at radius 3 is 2.67 bits per heavy atom. The maximum atomic E-state index is 11.9. The Morgan fingerprint density at radius 2 is 2.17 bits per heavy atom. The van der Waals surface area contributed by atoms with Gasteiger partial charge in [0.2, 0.25) is 5.91 Å². The molecule has 0 bridgehead atoms. The second-order valence-corrected chi connectivity index (χ2v) is 5.03. The van der Waals surface area contributed by atoms with Crippen molar-refractivity contribution in [3.63, 3.8) is 0 Å². The molecule has 0 unspecified atom stereocenters. The average molecular weight is 276 g/mol. The molecule has 0 saturated heterocycles. The first-order valence-electron chi connectivity index (χ1n) is 5.71. The standard InChI is InChI=1S/C11H21N5O.ClH/c1-11(2,6-12)7-15(3)10(17)4-5-16-9-13-8-14-16;/h8-9H,4-7,12H2,1-3H3;1H. The minimum absolute atomic E-state index is 0. The van der Waals surface area contributed by atoms with Gasteiger partial charge < -0.3 is 10.6 Å². The van der Waals surface area contributed by atoms with E-state index in [2.05, 4.69) is 10.1 Å². The normalized spacial score (nSPS) is 10.9. The first-order valence-corrected chi connectivity index (χ1v) is 5.71. The van der Waals surface area contributed by atoms with Crippen LogP contribution in [0.1, 0.15) is 20.3 Å². The van der Waals surface area contributed by atoms with Crippen molar-refractivity contribution in [2.75, 3.05) is 20.1 Å². The lowest BCUT2D eigenvalue weighted by molar-refractivity contribution is -0.131. The maximum absolute atomic E-state index is 11.9. The maximum Gasteiger partial charge on any atom is 0.224 e. The number of halogens is 1. The minimum atomic E-state index is -0.0440. The smallest absolute Gasteiger partial charge is 0.224 e. The summed E-state index contributed by atoms with van der Waals surface area (Å²) in [7, 11) is 1.81. The van der Waals surface area contributed by atoms with Crippen molar-refractivity contribution in [1.29, 1.82) is 0 Å². The van der Waals surface area contributed by atoms with E-state index in [1.54, 1.807) is 23.0 Å². The van der Waals surface area contributed by atoms with Crippen molar-refractivity contribution in [1.82, 2.24) is 19.7 Å². The van der Waals surface area contributed by atoms with Gasteiger partial charge in [0.15, 0.2) is 0 Å². The number of carbonyl (C=O) groups excluding carboxylic acids is 1. The lowest BCUT2D eigenvalue weighted by Gasteiger charge is -2.29.